The summed E-state index contributed by atoms with van der Waals surface area (Å²) in [6.45, 7) is 2.98. The summed E-state index contributed by atoms with van der Waals surface area (Å²) in [7, 11) is 2.27. The van der Waals surface area contributed by atoms with Gasteiger partial charge in [0.05, 0.1) is 13.7 Å². The number of carbonyl (C=O) groups is 4. The second-order valence-corrected chi connectivity index (χ2v) is 7.26. The summed E-state index contributed by atoms with van der Waals surface area (Å²) >= 11 is 0. The number of hydrogen-bond acceptors (Lipinski definition) is 14. The molecule has 0 saturated carbocycles. The summed E-state index contributed by atoms with van der Waals surface area (Å²) < 4.78 is 41.7. The third-order valence-electron chi connectivity index (χ3n) is 4.83. The molecule has 14 heteroatoms. The number of rotatable bonds is 7. The zero-order chi connectivity index (χ0) is 24.9. The minimum Gasteiger partial charge on any atom is -0.467 e. The van der Waals surface area contributed by atoms with E-state index < -0.39 is 79.2 Å². The van der Waals surface area contributed by atoms with Crippen molar-refractivity contribution in [1.82, 2.24) is 0 Å². The Morgan fingerprint density at radius 1 is 0.788 bits per heavy atom. The van der Waals surface area contributed by atoms with Crippen molar-refractivity contribution in [2.75, 3.05) is 20.8 Å². The summed E-state index contributed by atoms with van der Waals surface area (Å²) in [5, 5.41) is 20.9. The zero-order valence-corrected chi connectivity index (χ0v) is 18.7. The highest BCUT2D eigenvalue weighted by molar-refractivity contribution is 5.75. The maximum atomic E-state index is 12.1. The Labute approximate surface area is 188 Å². The molecule has 0 amide bonds. The lowest BCUT2D eigenvalue weighted by molar-refractivity contribution is -0.350. The van der Waals surface area contributed by atoms with Gasteiger partial charge in [-0.1, -0.05) is 0 Å². The first-order valence-electron chi connectivity index (χ1n) is 9.91. The molecule has 0 spiro atoms. The smallest absolute Gasteiger partial charge is 0.337 e. The number of esters is 4. The van der Waals surface area contributed by atoms with Gasteiger partial charge < -0.3 is 48.1 Å². The molecule has 2 heterocycles. The Morgan fingerprint density at radius 3 is 1.91 bits per heavy atom. The molecule has 2 fully saturated rings. The van der Waals surface area contributed by atoms with E-state index in [1.165, 1.54) is 7.11 Å². The van der Waals surface area contributed by atoms with E-state index in [2.05, 4.69) is 4.74 Å². The Kier molecular flexibility index (Phi) is 9.51. The highest BCUT2D eigenvalue weighted by Crippen LogP contribution is 2.31. The quantitative estimate of drug-likeness (QED) is 0.295. The fraction of sp³-hybridized carbons (Fsp3) is 0.789. The molecule has 0 radical (unpaired) electrons. The van der Waals surface area contributed by atoms with Gasteiger partial charge in [-0.15, -0.1) is 0 Å². The zero-order valence-electron chi connectivity index (χ0n) is 18.7. The average molecular weight is 480 g/mol. The number of aliphatic hydroxyl groups is 2. The van der Waals surface area contributed by atoms with E-state index in [1.54, 1.807) is 0 Å². The monoisotopic (exact) mass is 480 g/mol. The first kappa shape index (κ1) is 26.9. The van der Waals surface area contributed by atoms with Crippen molar-refractivity contribution in [2.24, 2.45) is 0 Å². The van der Waals surface area contributed by atoms with Crippen molar-refractivity contribution >= 4 is 23.9 Å². The van der Waals surface area contributed by atoms with Gasteiger partial charge in [-0.2, -0.15) is 0 Å². The number of hydrogen-bond donors (Lipinski definition) is 2. The highest BCUT2D eigenvalue weighted by atomic mass is 16.8. The van der Waals surface area contributed by atoms with Gasteiger partial charge in [0.1, 0.15) is 18.3 Å². The van der Waals surface area contributed by atoms with Crippen LogP contribution in [0.25, 0.3) is 0 Å². The van der Waals surface area contributed by atoms with Gasteiger partial charge in [0, 0.05) is 27.9 Å². The molecule has 2 rings (SSSR count). The summed E-state index contributed by atoms with van der Waals surface area (Å²) in [6.07, 6.45) is -13.5. The van der Waals surface area contributed by atoms with Crippen molar-refractivity contribution in [3.63, 3.8) is 0 Å². The van der Waals surface area contributed by atoms with Crippen molar-refractivity contribution < 1.29 is 67.3 Å². The normalized spacial score (nSPS) is 36.4. The van der Waals surface area contributed by atoms with Crippen LogP contribution in [-0.4, -0.2) is 110 Å². The van der Waals surface area contributed by atoms with Crippen LogP contribution >= 0.6 is 0 Å². The Morgan fingerprint density at radius 2 is 1.39 bits per heavy atom. The van der Waals surface area contributed by atoms with Gasteiger partial charge in [0.2, 0.25) is 6.29 Å². The van der Waals surface area contributed by atoms with Crippen LogP contribution in [0.5, 0.6) is 0 Å². The van der Waals surface area contributed by atoms with E-state index in [0.717, 1.165) is 27.9 Å². The Bertz CT molecular complexity index is 725. The molecule has 0 bridgehead atoms. The second-order valence-electron chi connectivity index (χ2n) is 7.26. The van der Waals surface area contributed by atoms with E-state index in [0.29, 0.717) is 0 Å². The topological polar surface area (TPSA) is 183 Å². The summed E-state index contributed by atoms with van der Waals surface area (Å²) in [5.41, 5.74) is 0. The molecule has 2 aliphatic heterocycles. The van der Waals surface area contributed by atoms with Crippen molar-refractivity contribution in [2.45, 2.75) is 76.1 Å². The van der Waals surface area contributed by atoms with E-state index in [9.17, 15) is 29.4 Å². The molecule has 0 aromatic heterocycles. The molecule has 2 saturated heterocycles. The van der Waals surface area contributed by atoms with Crippen LogP contribution in [0.3, 0.4) is 0 Å². The Balaban J connectivity index is 2.38. The molecule has 2 aliphatic rings. The van der Waals surface area contributed by atoms with Crippen molar-refractivity contribution in [1.29, 1.82) is 0 Å². The molecule has 9 atom stereocenters. The van der Waals surface area contributed by atoms with Crippen LogP contribution in [0.1, 0.15) is 20.8 Å². The Hall–Kier alpha value is -2.36. The first-order chi connectivity index (χ1) is 15.5. The fourth-order valence-electron chi connectivity index (χ4n) is 3.47. The van der Waals surface area contributed by atoms with Crippen LogP contribution in [0.15, 0.2) is 0 Å². The van der Waals surface area contributed by atoms with Gasteiger partial charge >= 0.3 is 23.9 Å². The minimum absolute atomic E-state index is 0.317. The molecule has 0 aromatic rings. The lowest BCUT2D eigenvalue weighted by Crippen LogP contribution is -2.64. The van der Waals surface area contributed by atoms with Gasteiger partial charge in [0.25, 0.3) is 0 Å². The third-order valence-corrected chi connectivity index (χ3v) is 4.83. The predicted molar refractivity (Wildman–Crippen MR) is 101 cm³/mol. The van der Waals surface area contributed by atoms with Crippen molar-refractivity contribution in [3.8, 4) is 0 Å². The molecule has 0 aliphatic carbocycles. The van der Waals surface area contributed by atoms with Crippen LogP contribution in [0.4, 0.5) is 0 Å². The van der Waals surface area contributed by atoms with Crippen LogP contribution < -0.4 is 0 Å². The highest BCUT2D eigenvalue weighted by Gasteiger charge is 2.53. The molecule has 33 heavy (non-hydrogen) atoms. The van der Waals surface area contributed by atoms with E-state index in [1.807, 2.05) is 0 Å². The maximum Gasteiger partial charge on any atom is 0.337 e. The molecule has 0 aromatic carbocycles. The van der Waals surface area contributed by atoms with Crippen LogP contribution in [0, 0.1) is 0 Å². The lowest BCUT2D eigenvalue weighted by Gasteiger charge is -2.45. The summed E-state index contributed by atoms with van der Waals surface area (Å²) in [4.78, 5) is 46.9. The average Bonchev–Trinajstić information content (AvgIpc) is 2.73. The van der Waals surface area contributed by atoms with Gasteiger partial charge in [0.15, 0.2) is 30.7 Å². The van der Waals surface area contributed by atoms with E-state index in [4.69, 9.17) is 33.2 Å². The number of ether oxygens (including phenoxy) is 8. The number of aliphatic hydroxyl groups excluding tert-OH is 2. The van der Waals surface area contributed by atoms with Gasteiger partial charge in [-0.05, 0) is 0 Å². The molecule has 2 N–H and O–H groups in total. The fourth-order valence-corrected chi connectivity index (χ4v) is 3.47. The van der Waals surface area contributed by atoms with Crippen LogP contribution in [0.2, 0.25) is 0 Å². The first-order valence-corrected chi connectivity index (χ1v) is 9.91. The van der Waals surface area contributed by atoms with Gasteiger partial charge in [-0.3, -0.25) is 14.4 Å². The molecular formula is C19H28O14. The van der Waals surface area contributed by atoms with E-state index in [-0.39, 0.29) is 6.61 Å². The van der Waals surface area contributed by atoms with Crippen LogP contribution in [-0.2, 0) is 57.1 Å². The summed E-state index contributed by atoms with van der Waals surface area (Å²) in [6, 6.07) is 0. The molecular weight excluding hydrogens is 452 g/mol. The predicted octanol–water partition coefficient (Wildman–Crippen LogP) is -2.21. The number of carbonyl (C=O) groups excluding carboxylic acids is 4. The largest absolute Gasteiger partial charge is 0.467 e. The second kappa shape index (κ2) is 11.7. The lowest BCUT2D eigenvalue weighted by atomic mass is 9.98. The van der Waals surface area contributed by atoms with Crippen molar-refractivity contribution in [3.05, 3.63) is 0 Å². The maximum absolute atomic E-state index is 12.1. The summed E-state index contributed by atoms with van der Waals surface area (Å²) in [5.74, 6) is -3.21. The van der Waals surface area contributed by atoms with Gasteiger partial charge in [-0.25, -0.2) is 4.79 Å². The molecule has 188 valence electrons. The molecule has 14 nitrogen and oxygen atoms in total. The van der Waals surface area contributed by atoms with E-state index >= 15 is 0 Å². The SMILES string of the molecule is COC(=O)[C@H]1O[C@H](O[C@H]2[C@@H](OC(C)=O)OC[C@@H](OC(C)=O)[C@@H]2OC(C)=O)[C@H](O)[C@@H](O)[C@@H]1OC. The number of methoxy groups -OCH3 is 2. The standard InChI is InChI=1S/C19H28O14/c1-7(20)29-10-6-28-19(31-9(3)22)16(13(10)30-8(2)21)33-18-12(24)11(23)14(26-4)15(32-18)17(25)27-5/h10-16,18-19,23-24H,6H2,1-5H3/t10-,11-,12-,13+,14+,15+,16-,18-,19-/m1/s1. The minimum atomic E-state index is -1.76. The molecule has 0 unspecified atom stereocenters. The third kappa shape index (κ3) is 6.59.